The third-order valence-corrected chi connectivity index (χ3v) is 4.59. The van der Waals surface area contributed by atoms with E-state index in [9.17, 15) is 8.78 Å². The monoisotopic (exact) mass is 414 g/mol. The fourth-order valence-electron chi connectivity index (χ4n) is 3.07. The molecule has 3 rings (SSSR count). The molecule has 0 saturated heterocycles. The fourth-order valence-corrected chi connectivity index (χ4v) is 3.07. The van der Waals surface area contributed by atoms with E-state index in [0.717, 1.165) is 24.0 Å². The first-order valence-electron chi connectivity index (χ1n) is 9.58. The Labute approximate surface area is 173 Å². The van der Waals surface area contributed by atoms with Crippen LogP contribution in [0.3, 0.4) is 0 Å². The van der Waals surface area contributed by atoms with Gasteiger partial charge in [-0.3, -0.25) is 4.98 Å². The SMILES string of the molecule is CCCCn1nc(C(F)F)nc1Cc1ccc(-c2ccccc2/C(=N/N)NN)nc1. The van der Waals surface area contributed by atoms with Gasteiger partial charge in [-0.05, 0) is 18.1 Å². The third-order valence-electron chi connectivity index (χ3n) is 4.59. The normalized spacial score (nSPS) is 11.8. The molecular formula is C20H24F2N8. The molecule has 5 N–H and O–H groups in total. The van der Waals surface area contributed by atoms with Crippen molar-refractivity contribution in [3.63, 3.8) is 0 Å². The van der Waals surface area contributed by atoms with Gasteiger partial charge in [0.15, 0.2) is 5.84 Å². The number of nitrogens with one attached hydrogen (secondary N) is 1. The van der Waals surface area contributed by atoms with Crippen LogP contribution in [-0.2, 0) is 13.0 Å². The number of aromatic nitrogens is 4. The average molecular weight is 414 g/mol. The number of hydrogen-bond acceptors (Lipinski definition) is 6. The quantitative estimate of drug-likeness (QED) is 0.226. The summed E-state index contributed by atoms with van der Waals surface area (Å²) < 4.78 is 27.6. The van der Waals surface area contributed by atoms with Crippen molar-refractivity contribution < 1.29 is 8.78 Å². The number of benzene rings is 1. The van der Waals surface area contributed by atoms with E-state index in [4.69, 9.17) is 11.7 Å². The first-order valence-corrected chi connectivity index (χ1v) is 9.58. The van der Waals surface area contributed by atoms with Crippen LogP contribution < -0.4 is 17.1 Å². The summed E-state index contributed by atoms with van der Waals surface area (Å²) in [6.07, 6.45) is 1.14. The van der Waals surface area contributed by atoms with Crippen molar-refractivity contribution in [1.82, 2.24) is 25.2 Å². The van der Waals surface area contributed by atoms with Crippen molar-refractivity contribution >= 4 is 5.84 Å². The van der Waals surface area contributed by atoms with Crippen LogP contribution in [0.1, 0.15) is 49.0 Å². The molecule has 2 heterocycles. The summed E-state index contributed by atoms with van der Waals surface area (Å²) in [6.45, 7) is 2.59. The van der Waals surface area contributed by atoms with Crippen molar-refractivity contribution in [2.24, 2.45) is 16.8 Å². The first-order chi connectivity index (χ1) is 14.6. The molecule has 0 fully saturated rings. The number of halogens is 2. The highest BCUT2D eigenvalue weighted by molar-refractivity contribution is 6.03. The molecule has 10 heteroatoms. The van der Waals surface area contributed by atoms with Gasteiger partial charge in [0.1, 0.15) is 5.82 Å². The largest absolute Gasteiger partial charge is 0.321 e. The number of hydrogen-bond donors (Lipinski definition) is 3. The second kappa shape index (κ2) is 9.88. The minimum absolute atomic E-state index is 0.333. The molecule has 2 aromatic heterocycles. The minimum Gasteiger partial charge on any atom is -0.321 e. The fraction of sp³-hybridized carbons (Fsp3) is 0.300. The number of alkyl halides is 2. The molecule has 0 bridgehead atoms. The van der Waals surface area contributed by atoms with Gasteiger partial charge in [0, 0.05) is 30.3 Å². The van der Waals surface area contributed by atoms with Crippen LogP contribution in [0.5, 0.6) is 0 Å². The second-order valence-corrected chi connectivity index (χ2v) is 6.66. The van der Waals surface area contributed by atoms with Crippen LogP contribution in [0.15, 0.2) is 47.7 Å². The summed E-state index contributed by atoms with van der Waals surface area (Å²) in [7, 11) is 0. The number of unbranched alkanes of at least 4 members (excludes halogenated alkanes) is 1. The van der Waals surface area contributed by atoms with Crippen LogP contribution in [0.25, 0.3) is 11.3 Å². The molecule has 3 aromatic rings. The molecule has 158 valence electrons. The molecule has 0 radical (unpaired) electrons. The van der Waals surface area contributed by atoms with Crippen molar-refractivity contribution in [2.75, 3.05) is 0 Å². The van der Waals surface area contributed by atoms with Crippen molar-refractivity contribution in [3.05, 3.63) is 65.4 Å². The Morgan fingerprint density at radius 1 is 1.23 bits per heavy atom. The van der Waals surface area contributed by atoms with E-state index in [2.05, 4.69) is 25.6 Å². The lowest BCUT2D eigenvalue weighted by Gasteiger charge is -2.11. The van der Waals surface area contributed by atoms with Crippen LogP contribution in [-0.4, -0.2) is 25.6 Å². The lowest BCUT2D eigenvalue weighted by atomic mass is 10.0. The highest BCUT2D eigenvalue weighted by Gasteiger charge is 2.18. The predicted molar refractivity (Wildman–Crippen MR) is 110 cm³/mol. The molecule has 0 aliphatic rings. The number of nitrogens with zero attached hydrogens (tertiary/aromatic N) is 5. The number of aryl methyl sites for hydroxylation is 1. The van der Waals surface area contributed by atoms with E-state index >= 15 is 0 Å². The Bertz CT molecular complexity index is 998. The number of rotatable bonds is 8. The summed E-state index contributed by atoms with van der Waals surface area (Å²) in [5.74, 6) is 11.3. The van der Waals surface area contributed by atoms with Crippen LogP contribution in [0.2, 0.25) is 0 Å². The lowest BCUT2D eigenvalue weighted by molar-refractivity contribution is 0.140. The summed E-state index contributed by atoms with van der Waals surface area (Å²) in [5.41, 5.74) is 5.53. The van der Waals surface area contributed by atoms with Crippen molar-refractivity contribution in [3.8, 4) is 11.3 Å². The lowest BCUT2D eigenvalue weighted by Crippen LogP contribution is -2.32. The predicted octanol–water partition coefficient (Wildman–Crippen LogP) is 2.75. The maximum absolute atomic E-state index is 13.0. The van der Waals surface area contributed by atoms with Gasteiger partial charge in [-0.2, -0.15) is 5.10 Å². The van der Waals surface area contributed by atoms with Crippen molar-refractivity contribution in [1.29, 1.82) is 0 Å². The first kappa shape index (κ1) is 21.3. The Morgan fingerprint density at radius 2 is 2.03 bits per heavy atom. The molecule has 8 nitrogen and oxygen atoms in total. The topological polar surface area (TPSA) is 120 Å². The molecule has 0 saturated carbocycles. The molecule has 0 aliphatic heterocycles. The van der Waals surface area contributed by atoms with E-state index < -0.39 is 12.2 Å². The van der Waals surface area contributed by atoms with Crippen LogP contribution in [0, 0.1) is 0 Å². The highest BCUT2D eigenvalue weighted by Crippen LogP contribution is 2.23. The Morgan fingerprint density at radius 3 is 2.67 bits per heavy atom. The van der Waals surface area contributed by atoms with Gasteiger partial charge in [-0.25, -0.2) is 24.3 Å². The molecule has 30 heavy (non-hydrogen) atoms. The molecule has 0 atom stereocenters. The smallest absolute Gasteiger partial charge is 0.299 e. The van der Waals surface area contributed by atoms with E-state index in [1.807, 2.05) is 43.3 Å². The average Bonchev–Trinajstić information content (AvgIpc) is 3.17. The van der Waals surface area contributed by atoms with Gasteiger partial charge in [0.2, 0.25) is 5.82 Å². The number of hydrazone groups is 1. The van der Waals surface area contributed by atoms with Gasteiger partial charge >= 0.3 is 0 Å². The summed E-state index contributed by atoms with van der Waals surface area (Å²) in [6, 6.07) is 11.2. The molecule has 0 aliphatic carbocycles. The zero-order valence-corrected chi connectivity index (χ0v) is 16.6. The second-order valence-electron chi connectivity index (χ2n) is 6.66. The van der Waals surface area contributed by atoms with E-state index in [1.165, 1.54) is 0 Å². The standard InChI is InChI=1S/C20H24F2N8/c1-2-3-10-30-17(26-20(29-30)18(21)22)11-13-8-9-16(25-12-13)14-6-4-5-7-15(14)19(27-23)28-24/h4-9,12,18H,2-3,10-11,23-24H2,1H3,(H,27,28). The van der Waals surface area contributed by atoms with Crippen molar-refractivity contribution in [2.45, 2.75) is 39.2 Å². The number of nitrogens with two attached hydrogens (primary N) is 2. The summed E-state index contributed by atoms with van der Waals surface area (Å²) in [4.78, 5) is 8.54. The van der Waals surface area contributed by atoms with Gasteiger partial charge in [-0.1, -0.05) is 43.7 Å². The van der Waals surface area contributed by atoms with Gasteiger partial charge < -0.3 is 11.3 Å². The van der Waals surface area contributed by atoms with Gasteiger partial charge in [0.25, 0.3) is 6.43 Å². The zero-order valence-electron chi connectivity index (χ0n) is 16.6. The maximum atomic E-state index is 13.0. The Kier molecular flexibility index (Phi) is 7.02. The van der Waals surface area contributed by atoms with E-state index in [1.54, 1.807) is 10.9 Å². The number of hydrazine groups is 1. The summed E-state index contributed by atoms with van der Waals surface area (Å²) in [5, 5.41) is 7.61. The highest BCUT2D eigenvalue weighted by atomic mass is 19.3. The Balaban J connectivity index is 1.86. The summed E-state index contributed by atoms with van der Waals surface area (Å²) >= 11 is 0. The zero-order chi connectivity index (χ0) is 21.5. The molecular weight excluding hydrogens is 390 g/mol. The third kappa shape index (κ3) is 4.77. The molecule has 0 unspecified atom stereocenters. The number of pyridine rings is 1. The van der Waals surface area contributed by atoms with Gasteiger partial charge in [-0.15, -0.1) is 5.10 Å². The van der Waals surface area contributed by atoms with E-state index in [0.29, 0.717) is 35.9 Å². The van der Waals surface area contributed by atoms with Crippen LogP contribution in [0.4, 0.5) is 8.78 Å². The van der Waals surface area contributed by atoms with Gasteiger partial charge in [0.05, 0.1) is 5.69 Å². The minimum atomic E-state index is -2.70. The maximum Gasteiger partial charge on any atom is 0.299 e. The van der Waals surface area contributed by atoms with E-state index in [-0.39, 0.29) is 0 Å². The molecule has 0 amide bonds. The Hall–Kier alpha value is -3.40. The molecule has 0 spiro atoms. The van der Waals surface area contributed by atoms with Crippen LogP contribution >= 0.6 is 0 Å². The number of amidine groups is 1. The molecule has 1 aromatic carbocycles.